The van der Waals surface area contributed by atoms with E-state index in [1.807, 2.05) is 59.7 Å². The van der Waals surface area contributed by atoms with E-state index < -0.39 is 0 Å². The number of imidazole rings is 1. The van der Waals surface area contributed by atoms with Crippen LogP contribution in [0.4, 0.5) is 0 Å². The van der Waals surface area contributed by atoms with E-state index in [1.165, 1.54) is 0 Å². The molecular weight excluding hydrogens is 324 g/mol. The molecule has 5 aromatic rings. The maximum absolute atomic E-state index is 4.75. The lowest BCUT2D eigenvalue weighted by atomic mass is 10.1. The summed E-state index contributed by atoms with van der Waals surface area (Å²) in [4.78, 5) is 13.8. The fourth-order valence-electron chi connectivity index (χ4n) is 3.33. The van der Waals surface area contributed by atoms with E-state index in [4.69, 9.17) is 4.98 Å². The Balaban J connectivity index is 1.83. The van der Waals surface area contributed by atoms with Gasteiger partial charge in [0.25, 0.3) is 0 Å². The summed E-state index contributed by atoms with van der Waals surface area (Å²) in [5.74, 6) is 0.659. The summed E-state index contributed by atoms with van der Waals surface area (Å²) in [5.41, 5.74) is 5.77. The zero-order valence-corrected chi connectivity index (χ0v) is 14.5. The molecule has 0 fully saturated rings. The third-order valence-corrected chi connectivity index (χ3v) is 4.55. The molecule has 6 heteroatoms. The first-order valence-electron chi connectivity index (χ1n) is 8.40. The first kappa shape index (κ1) is 14.8. The number of fused-ring (bicyclic) bond motifs is 2. The SMILES string of the molecule is Cc1cccc(-c2nc3ncccn3c2-c2ccc3c(cnn3C)c2)n1. The van der Waals surface area contributed by atoms with Crippen LogP contribution in [0.25, 0.3) is 39.3 Å². The number of aromatic nitrogens is 6. The normalized spacial score (nSPS) is 11.5. The molecule has 26 heavy (non-hydrogen) atoms. The summed E-state index contributed by atoms with van der Waals surface area (Å²) in [6.07, 6.45) is 5.62. The van der Waals surface area contributed by atoms with Gasteiger partial charge >= 0.3 is 0 Å². The monoisotopic (exact) mass is 340 g/mol. The third-order valence-electron chi connectivity index (χ3n) is 4.55. The van der Waals surface area contributed by atoms with Crippen molar-refractivity contribution in [2.75, 3.05) is 0 Å². The standard InChI is InChI=1S/C20H16N6/c1-13-5-3-6-16(23-13)18-19(26-10-4-9-21-20(26)24-18)14-7-8-17-15(11-14)12-22-25(17)2/h3-12H,1-2H3. The Kier molecular flexibility index (Phi) is 3.12. The molecule has 0 atom stereocenters. The first-order chi connectivity index (χ1) is 12.7. The van der Waals surface area contributed by atoms with Gasteiger partial charge in [-0.1, -0.05) is 12.1 Å². The van der Waals surface area contributed by atoms with E-state index in [0.717, 1.165) is 39.2 Å². The van der Waals surface area contributed by atoms with Crippen LogP contribution in [0.1, 0.15) is 5.69 Å². The van der Waals surface area contributed by atoms with Gasteiger partial charge in [0.15, 0.2) is 0 Å². The molecule has 0 spiro atoms. The van der Waals surface area contributed by atoms with E-state index in [2.05, 4.69) is 33.3 Å². The summed E-state index contributed by atoms with van der Waals surface area (Å²) in [5, 5.41) is 5.43. The van der Waals surface area contributed by atoms with Crippen molar-refractivity contribution in [1.82, 2.24) is 29.1 Å². The van der Waals surface area contributed by atoms with Gasteiger partial charge in [0, 0.05) is 36.1 Å². The Morgan fingerprint density at radius 1 is 1.00 bits per heavy atom. The number of rotatable bonds is 2. The van der Waals surface area contributed by atoms with Crippen molar-refractivity contribution in [1.29, 1.82) is 0 Å². The molecule has 0 aliphatic heterocycles. The Labute approximate surface area is 149 Å². The molecule has 1 aromatic carbocycles. The van der Waals surface area contributed by atoms with E-state index in [9.17, 15) is 0 Å². The topological polar surface area (TPSA) is 60.9 Å². The lowest BCUT2D eigenvalue weighted by Crippen LogP contribution is -1.93. The second-order valence-electron chi connectivity index (χ2n) is 6.30. The molecule has 0 unspecified atom stereocenters. The highest BCUT2D eigenvalue weighted by molar-refractivity contribution is 5.88. The molecule has 0 saturated heterocycles. The van der Waals surface area contributed by atoms with Gasteiger partial charge < -0.3 is 0 Å². The molecule has 5 rings (SSSR count). The highest BCUT2D eigenvalue weighted by Crippen LogP contribution is 2.33. The molecule has 0 saturated carbocycles. The van der Waals surface area contributed by atoms with E-state index >= 15 is 0 Å². The number of hydrogen-bond donors (Lipinski definition) is 0. The van der Waals surface area contributed by atoms with Crippen LogP contribution in [-0.2, 0) is 7.05 Å². The van der Waals surface area contributed by atoms with Gasteiger partial charge in [-0.3, -0.25) is 14.1 Å². The summed E-state index contributed by atoms with van der Waals surface area (Å²) in [6, 6.07) is 14.2. The summed E-state index contributed by atoms with van der Waals surface area (Å²) in [6.45, 7) is 1.99. The van der Waals surface area contributed by atoms with Crippen LogP contribution in [-0.4, -0.2) is 29.1 Å². The van der Waals surface area contributed by atoms with Gasteiger partial charge in [0.05, 0.1) is 23.1 Å². The molecule has 0 N–H and O–H groups in total. The van der Waals surface area contributed by atoms with Gasteiger partial charge in [-0.2, -0.15) is 5.10 Å². The Morgan fingerprint density at radius 2 is 1.92 bits per heavy atom. The summed E-state index contributed by atoms with van der Waals surface area (Å²) >= 11 is 0. The van der Waals surface area contributed by atoms with Gasteiger partial charge in [-0.25, -0.2) is 9.97 Å². The quantitative estimate of drug-likeness (QED) is 0.492. The van der Waals surface area contributed by atoms with Crippen molar-refractivity contribution in [3.05, 3.63) is 66.7 Å². The average molecular weight is 340 g/mol. The lowest BCUT2D eigenvalue weighted by Gasteiger charge is -2.06. The smallest absolute Gasteiger partial charge is 0.234 e. The Bertz CT molecular complexity index is 1260. The van der Waals surface area contributed by atoms with Crippen LogP contribution in [0.2, 0.25) is 0 Å². The number of aryl methyl sites for hydroxylation is 2. The molecule has 0 aliphatic carbocycles. The molecule has 0 amide bonds. The molecule has 0 aliphatic rings. The van der Waals surface area contributed by atoms with Crippen LogP contribution in [0.3, 0.4) is 0 Å². The first-order valence-corrected chi connectivity index (χ1v) is 8.40. The molecule has 4 aromatic heterocycles. The van der Waals surface area contributed by atoms with Crippen LogP contribution >= 0.6 is 0 Å². The highest BCUT2D eigenvalue weighted by atomic mass is 15.2. The molecular formula is C20H16N6. The van der Waals surface area contributed by atoms with Crippen molar-refractivity contribution in [2.45, 2.75) is 6.92 Å². The molecule has 0 radical (unpaired) electrons. The average Bonchev–Trinajstić information content (AvgIpc) is 3.22. The van der Waals surface area contributed by atoms with E-state index in [0.29, 0.717) is 5.78 Å². The Hall–Kier alpha value is -3.54. The summed E-state index contributed by atoms with van der Waals surface area (Å²) in [7, 11) is 1.95. The zero-order chi connectivity index (χ0) is 17.7. The van der Waals surface area contributed by atoms with Crippen molar-refractivity contribution >= 4 is 16.7 Å². The van der Waals surface area contributed by atoms with Crippen LogP contribution in [0.15, 0.2) is 61.1 Å². The fourth-order valence-corrected chi connectivity index (χ4v) is 3.33. The molecule has 0 bridgehead atoms. The summed E-state index contributed by atoms with van der Waals surface area (Å²) < 4.78 is 3.88. The second kappa shape index (κ2) is 5.49. The third kappa shape index (κ3) is 2.19. The lowest BCUT2D eigenvalue weighted by molar-refractivity contribution is 0.797. The maximum atomic E-state index is 4.75. The number of pyridine rings is 1. The van der Waals surface area contributed by atoms with Crippen molar-refractivity contribution in [3.63, 3.8) is 0 Å². The molecule has 4 heterocycles. The molecule has 126 valence electrons. The van der Waals surface area contributed by atoms with Gasteiger partial charge in [0.1, 0.15) is 5.69 Å². The maximum Gasteiger partial charge on any atom is 0.234 e. The van der Waals surface area contributed by atoms with E-state index in [1.54, 1.807) is 6.20 Å². The minimum atomic E-state index is 0.659. The molecule has 6 nitrogen and oxygen atoms in total. The van der Waals surface area contributed by atoms with E-state index in [-0.39, 0.29) is 0 Å². The number of nitrogens with zero attached hydrogens (tertiary/aromatic N) is 6. The minimum Gasteiger partial charge on any atom is -0.283 e. The minimum absolute atomic E-state index is 0.659. The van der Waals surface area contributed by atoms with Crippen molar-refractivity contribution < 1.29 is 0 Å². The zero-order valence-electron chi connectivity index (χ0n) is 14.5. The van der Waals surface area contributed by atoms with Crippen molar-refractivity contribution in [3.8, 4) is 22.6 Å². The van der Waals surface area contributed by atoms with Gasteiger partial charge in [-0.05, 0) is 37.3 Å². The van der Waals surface area contributed by atoms with Gasteiger partial charge in [-0.15, -0.1) is 0 Å². The predicted octanol–water partition coefficient (Wildman–Crippen LogP) is 3.65. The number of hydrogen-bond acceptors (Lipinski definition) is 4. The number of benzene rings is 1. The van der Waals surface area contributed by atoms with Crippen LogP contribution in [0.5, 0.6) is 0 Å². The Morgan fingerprint density at radius 3 is 2.81 bits per heavy atom. The van der Waals surface area contributed by atoms with Crippen LogP contribution < -0.4 is 0 Å². The highest BCUT2D eigenvalue weighted by Gasteiger charge is 2.18. The van der Waals surface area contributed by atoms with Crippen molar-refractivity contribution in [2.24, 2.45) is 7.05 Å². The van der Waals surface area contributed by atoms with Crippen LogP contribution in [0, 0.1) is 6.92 Å². The van der Waals surface area contributed by atoms with Gasteiger partial charge in [0.2, 0.25) is 5.78 Å². The predicted molar refractivity (Wildman–Crippen MR) is 101 cm³/mol. The largest absolute Gasteiger partial charge is 0.283 e. The fraction of sp³-hybridized carbons (Fsp3) is 0.100. The second-order valence-corrected chi connectivity index (χ2v) is 6.30.